The molecule has 3 fully saturated rings. The number of fused-ring (bicyclic) bond motifs is 2. The third-order valence-corrected chi connectivity index (χ3v) is 8.38. The molecule has 12 heteroatoms. The fourth-order valence-corrected chi connectivity index (χ4v) is 6.20. The molecule has 3 aliphatic rings. The number of halogens is 2. The van der Waals surface area contributed by atoms with Gasteiger partial charge in [0.1, 0.15) is 6.10 Å². The van der Waals surface area contributed by atoms with Crippen LogP contribution < -0.4 is 5.32 Å². The van der Waals surface area contributed by atoms with E-state index in [1.807, 2.05) is 13.8 Å². The molecule has 2 aromatic heterocycles. The topological polar surface area (TPSA) is 107 Å². The van der Waals surface area contributed by atoms with Crippen LogP contribution in [0.2, 0.25) is 0 Å². The Morgan fingerprint density at radius 2 is 1.97 bits per heavy atom. The predicted octanol–water partition coefficient (Wildman–Crippen LogP) is 4.04. The van der Waals surface area contributed by atoms with Gasteiger partial charge in [0, 0.05) is 30.2 Å². The van der Waals surface area contributed by atoms with Gasteiger partial charge in [-0.2, -0.15) is 0 Å². The molecule has 37 heavy (non-hydrogen) atoms. The van der Waals surface area contributed by atoms with Gasteiger partial charge in [-0.15, -0.1) is 5.10 Å². The van der Waals surface area contributed by atoms with Crippen molar-refractivity contribution in [2.75, 3.05) is 17.7 Å². The van der Waals surface area contributed by atoms with Gasteiger partial charge in [0.15, 0.2) is 39.6 Å². The number of hydrogen-bond donors (Lipinski definition) is 2. The maximum atomic E-state index is 13.8. The predicted molar refractivity (Wildman–Crippen MR) is 133 cm³/mol. The second kappa shape index (κ2) is 9.40. The van der Waals surface area contributed by atoms with E-state index in [0.29, 0.717) is 28.6 Å². The van der Waals surface area contributed by atoms with Crippen LogP contribution in [0.1, 0.15) is 57.6 Å². The zero-order valence-corrected chi connectivity index (χ0v) is 21.7. The molecule has 3 heterocycles. The van der Waals surface area contributed by atoms with E-state index in [4.69, 9.17) is 19.4 Å². The van der Waals surface area contributed by atoms with Crippen molar-refractivity contribution in [3.63, 3.8) is 0 Å². The van der Waals surface area contributed by atoms with Crippen molar-refractivity contribution in [2.24, 2.45) is 5.92 Å². The normalized spacial score (nSPS) is 30.1. The lowest BCUT2D eigenvalue weighted by Gasteiger charge is -2.23. The van der Waals surface area contributed by atoms with Crippen molar-refractivity contribution in [1.29, 1.82) is 0 Å². The summed E-state index contributed by atoms with van der Waals surface area (Å²) in [6.07, 6.45) is 1.85. The Morgan fingerprint density at radius 1 is 1.16 bits per heavy atom. The third kappa shape index (κ3) is 4.58. The first kappa shape index (κ1) is 24.9. The Kier molecular flexibility index (Phi) is 6.33. The van der Waals surface area contributed by atoms with E-state index in [1.54, 1.807) is 22.5 Å². The summed E-state index contributed by atoms with van der Waals surface area (Å²) in [5.74, 6) is -1.03. The third-order valence-electron chi connectivity index (χ3n) is 7.32. The maximum absolute atomic E-state index is 13.8. The first-order valence-corrected chi connectivity index (χ1v) is 13.7. The van der Waals surface area contributed by atoms with Crippen LogP contribution in [0.15, 0.2) is 23.4 Å². The Balaban J connectivity index is 1.32. The molecule has 0 radical (unpaired) electrons. The smallest absolute Gasteiger partial charge is 0.191 e. The first-order valence-electron chi connectivity index (χ1n) is 12.7. The van der Waals surface area contributed by atoms with Gasteiger partial charge in [0.2, 0.25) is 0 Å². The largest absolute Gasteiger partial charge is 0.396 e. The molecule has 198 valence electrons. The van der Waals surface area contributed by atoms with Gasteiger partial charge in [0.05, 0.1) is 12.1 Å². The lowest BCUT2D eigenvalue weighted by atomic mass is 10.1. The highest BCUT2D eigenvalue weighted by Gasteiger charge is 2.55. The number of thioether (sulfide) groups is 1. The number of benzene rings is 1. The standard InChI is InChI=1S/C25H30F2N6O3S/c1-4-7-37-24-29-22(28-17-10-14(17)12-5-6-15(26)16(27)8-12)19-23(30-24)33(32-31-19)18-9-13(11-34)20-21(18)36-25(2,3)35-20/h5-6,8,13-14,17-18,20-21,34H,4,7,9-11H2,1-3H3,(H,28,29,30). The molecule has 6 unspecified atom stereocenters. The molecule has 3 aromatic rings. The lowest BCUT2D eigenvalue weighted by Crippen LogP contribution is -2.28. The van der Waals surface area contributed by atoms with Gasteiger partial charge in [-0.1, -0.05) is 30.0 Å². The summed E-state index contributed by atoms with van der Waals surface area (Å²) in [7, 11) is 0. The Bertz CT molecular complexity index is 1320. The van der Waals surface area contributed by atoms with E-state index in [9.17, 15) is 13.9 Å². The second-order valence-electron chi connectivity index (χ2n) is 10.5. The summed E-state index contributed by atoms with van der Waals surface area (Å²) in [5.41, 5.74) is 1.88. The number of aromatic nitrogens is 5. The van der Waals surface area contributed by atoms with E-state index >= 15 is 0 Å². The summed E-state index contributed by atoms with van der Waals surface area (Å²) in [6.45, 7) is 5.84. The number of nitrogens with zero attached hydrogens (tertiary/aromatic N) is 5. The number of aliphatic hydroxyl groups excluding tert-OH is 1. The average molecular weight is 533 g/mol. The molecule has 1 aliphatic heterocycles. The SMILES string of the molecule is CCCSc1nc(NC2CC2c2ccc(F)c(F)c2)c2nnn(C3CC(CO)C4OC(C)(C)OC43)c2n1. The zero-order chi connectivity index (χ0) is 25.9. The van der Waals surface area contributed by atoms with Gasteiger partial charge < -0.3 is 19.9 Å². The molecule has 2 N–H and O–H groups in total. The van der Waals surface area contributed by atoms with E-state index in [-0.39, 0.29) is 42.7 Å². The van der Waals surface area contributed by atoms with E-state index < -0.39 is 17.4 Å². The van der Waals surface area contributed by atoms with Gasteiger partial charge in [-0.05, 0) is 50.8 Å². The highest BCUT2D eigenvalue weighted by molar-refractivity contribution is 7.99. The van der Waals surface area contributed by atoms with Crippen molar-refractivity contribution < 1.29 is 23.4 Å². The van der Waals surface area contributed by atoms with Gasteiger partial charge >= 0.3 is 0 Å². The Labute approximate surface area is 217 Å². The van der Waals surface area contributed by atoms with Crippen LogP contribution in [-0.2, 0) is 9.47 Å². The van der Waals surface area contributed by atoms with Crippen molar-refractivity contribution in [3.8, 4) is 0 Å². The van der Waals surface area contributed by atoms with Crippen LogP contribution in [0, 0.1) is 17.6 Å². The minimum atomic E-state index is -0.849. The zero-order valence-electron chi connectivity index (χ0n) is 20.9. The number of rotatable bonds is 8. The van der Waals surface area contributed by atoms with E-state index in [1.165, 1.54) is 12.1 Å². The fraction of sp³-hybridized carbons (Fsp3) is 0.600. The van der Waals surface area contributed by atoms with Crippen LogP contribution in [0.3, 0.4) is 0 Å². The van der Waals surface area contributed by atoms with Crippen LogP contribution in [0.25, 0.3) is 11.2 Å². The van der Waals surface area contributed by atoms with Gasteiger partial charge in [-0.3, -0.25) is 0 Å². The number of anilines is 1. The van der Waals surface area contributed by atoms with Crippen LogP contribution in [-0.4, -0.2) is 66.5 Å². The summed E-state index contributed by atoms with van der Waals surface area (Å²) < 4.78 is 41.3. The van der Waals surface area contributed by atoms with Crippen molar-refractivity contribution in [1.82, 2.24) is 25.0 Å². The molecule has 2 saturated carbocycles. The lowest BCUT2D eigenvalue weighted by molar-refractivity contribution is -0.162. The average Bonchev–Trinajstić information content (AvgIpc) is 3.19. The van der Waals surface area contributed by atoms with Crippen LogP contribution in [0.4, 0.5) is 14.6 Å². The number of nitrogens with one attached hydrogen (secondary N) is 1. The van der Waals surface area contributed by atoms with Crippen LogP contribution >= 0.6 is 11.8 Å². The molecule has 0 spiro atoms. The molecule has 0 amide bonds. The summed E-state index contributed by atoms with van der Waals surface area (Å²) in [6, 6.07) is 3.86. The fourth-order valence-electron chi connectivity index (χ4n) is 5.51. The van der Waals surface area contributed by atoms with Crippen molar-refractivity contribution in [3.05, 3.63) is 35.4 Å². The molecule has 2 aliphatic carbocycles. The van der Waals surface area contributed by atoms with E-state index in [2.05, 4.69) is 22.6 Å². The molecular formula is C25H30F2N6O3S. The van der Waals surface area contributed by atoms with Gasteiger partial charge in [-0.25, -0.2) is 23.4 Å². The molecule has 1 saturated heterocycles. The number of hydrogen-bond acceptors (Lipinski definition) is 9. The second-order valence-corrected chi connectivity index (χ2v) is 11.5. The quantitative estimate of drug-likeness (QED) is 0.328. The highest BCUT2D eigenvalue weighted by Crippen LogP contribution is 2.48. The van der Waals surface area contributed by atoms with Crippen molar-refractivity contribution in [2.45, 2.75) is 81.2 Å². The number of aliphatic hydroxyl groups is 1. The maximum Gasteiger partial charge on any atom is 0.191 e. The minimum Gasteiger partial charge on any atom is -0.396 e. The Morgan fingerprint density at radius 3 is 2.73 bits per heavy atom. The van der Waals surface area contributed by atoms with Gasteiger partial charge in [0.25, 0.3) is 0 Å². The van der Waals surface area contributed by atoms with Crippen LogP contribution in [0.5, 0.6) is 0 Å². The molecule has 6 rings (SSSR count). The molecule has 1 aromatic carbocycles. The highest BCUT2D eigenvalue weighted by atomic mass is 32.2. The first-order chi connectivity index (χ1) is 17.8. The Hall–Kier alpha value is -2.41. The molecule has 6 atom stereocenters. The molecular weight excluding hydrogens is 502 g/mol. The number of ether oxygens (including phenoxy) is 2. The monoisotopic (exact) mass is 532 g/mol. The van der Waals surface area contributed by atoms with Crippen molar-refractivity contribution >= 4 is 28.7 Å². The minimum absolute atomic E-state index is 0.00379. The molecule has 9 nitrogen and oxygen atoms in total. The summed E-state index contributed by atoms with van der Waals surface area (Å²) >= 11 is 1.56. The summed E-state index contributed by atoms with van der Waals surface area (Å²) in [5, 5.41) is 23.0. The summed E-state index contributed by atoms with van der Waals surface area (Å²) in [4.78, 5) is 9.54. The van der Waals surface area contributed by atoms with E-state index in [0.717, 1.165) is 24.2 Å². The molecule has 0 bridgehead atoms.